The number of furan rings is 1. The average Bonchev–Trinajstić information content (AvgIpc) is 2.78. The lowest BCUT2D eigenvalue weighted by atomic mass is 10.1. The van der Waals surface area contributed by atoms with Crippen molar-refractivity contribution in [2.24, 2.45) is 0 Å². The molecule has 3 nitrogen and oxygen atoms in total. The standard InChI is InChI=1S/C15H28N2O/c1-5-17(6-2)10-7-8-14(4)16-12-15-13(3)9-11-18-15/h9,11,14,16H,5-8,10,12H2,1-4H3. The smallest absolute Gasteiger partial charge is 0.120 e. The van der Waals surface area contributed by atoms with Crippen molar-refractivity contribution < 1.29 is 4.42 Å². The molecule has 0 bridgehead atoms. The van der Waals surface area contributed by atoms with Crippen LogP contribution in [0.15, 0.2) is 16.7 Å². The van der Waals surface area contributed by atoms with Gasteiger partial charge in [-0.15, -0.1) is 0 Å². The number of nitrogens with zero attached hydrogens (tertiary/aromatic N) is 1. The fraction of sp³-hybridized carbons (Fsp3) is 0.733. The normalized spacial score (nSPS) is 13.2. The minimum Gasteiger partial charge on any atom is -0.468 e. The van der Waals surface area contributed by atoms with Crippen molar-refractivity contribution in [1.82, 2.24) is 10.2 Å². The van der Waals surface area contributed by atoms with Gasteiger partial charge in [0.05, 0.1) is 12.8 Å². The SMILES string of the molecule is CCN(CC)CCCC(C)NCc1occc1C. The summed E-state index contributed by atoms with van der Waals surface area (Å²) in [5.41, 5.74) is 1.23. The van der Waals surface area contributed by atoms with Gasteiger partial charge in [0.2, 0.25) is 0 Å². The van der Waals surface area contributed by atoms with Crippen LogP contribution in [0.4, 0.5) is 0 Å². The lowest BCUT2D eigenvalue weighted by molar-refractivity contribution is 0.289. The Bertz CT molecular complexity index is 318. The molecule has 0 radical (unpaired) electrons. The van der Waals surface area contributed by atoms with Crippen molar-refractivity contribution in [1.29, 1.82) is 0 Å². The summed E-state index contributed by atoms with van der Waals surface area (Å²) in [4.78, 5) is 2.48. The van der Waals surface area contributed by atoms with Crippen molar-refractivity contribution in [3.8, 4) is 0 Å². The highest BCUT2D eigenvalue weighted by atomic mass is 16.3. The largest absolute Gasteiger partial charge is 0.468 e. The molecule has 1 aromatic heterocycles. The molecule has 0 aliphatic rings. The molecule has 0 aliphatic heterocycles. The molecule has 1 aromatic rings. The van der Waals surface area contributed by atoms with Gasteiger partial charge in [0.25, 0.3) is 0 Å². The Hall–Kier alpha value is -0.800. The van der Waals surface area contributed by atoms with Crippen molar-refractivity contribution in [2.75, 3.05) is 19.6 Å². The van der Waals surface area contributed by atoms with E-state index >= 15 is 0 Å². The molecule has 0 aliphatic carbocycles. The molecule has 1 N–H and O–H groups in total. The first-order valence-corrected chi connectivity index (χ1v) is 7.16. The molecule has 0 fully saturated rings. The minimum absolute atomic E-state index is 0.546. The molecule has 0 spiro atoms. The summed E-state index contributed by atoms with van der Waals surface area (Å²) in [6.07, 6.45) is 4.24. The van der Waals surface area contributed by atoms with E-state index in [-0.39, 0.29) is 0 Å². The van der Waals surface area contributed by atoms with E-state index in [0.717, 1.165) is 25.4 Å². The molecule has 3 heteroatoms. The summed E-state index contributed by atoms with van der Waals surface area (Å²) in [6.45, 7) is 13.2. The van der Waals surface area contributed by atoms with Crippen LogP contribution in [0.25, 0.3) is 0 Å². The van der Waals surface area contributed by atoms with Crippen molar-refractivity contribution in [2.45, 2.75) is 53.1 Å². The molecule has 104 valence electrons. The summed E-state index contributed by atoms with van der Waals surface area (Å²) in [5, 5.41) is 3.52. The first-order chi connectivity index (χ1) is 8.67. The number of hydrogen-bond acceptors (Lipinski definition) is 3. The van der Waals surface area contributed by atoms with Gasteiger partial charge in [-0.3, -0.25) is 0 Å². The summed E-state index contributed by atoms with van der Waals surface area (Å²) < 4.78 is 5.42. The fourth-order valence-corrected chi connectivity index (χ4v) is 2.12. The molecule has 0 amide bonds. The van der Waals surface area contributed by atoms with Gasteiger partial charge in [0.1, 0.15) is 5.76 Å². The number of nitrogens with one attached hydrogen (secondary N) is 1. The summed E-state index contributed by atoms with van der Waals surface area (Å²) in [6, 6.07) is 2.56. The van der Waals surface area contributed by atoms with Crippen molar-refractivity contribution in [3.05, 3.63) is 23.7 Å². The second kappa shape index (κ2) is 8.33. The Balaban J connectivity index is 2.14. The van der Waals surface area contributed by atoms with Crippen LogP contribution in [-0.4, -0.2) is 30.6 Å². The Kier molecular flexibility index (Phi) is 7.06. The molecule has 1 heterocycles. The van der Waals surface area contributed by atoms with Crippen LogP contribution >= 0.6 is 0 Å². The monoisotopic (exact) mass is 252 g/mol. The van der Waals surface area contributed by atoms with Gasteiger partial charge in [-0.1, -0.05) is 13.8 Å². The van der Waals surface area contributed by atoms with E-state index in [2.05, 4.69) is 37.9 Å². The topological polar surface area (TPSA) is 28.4 Å². The van der Waals surface area contributed by atoms with Gasteiger partial charge in [-0.2, -0.15) is 0 Å². The first-order valence-electron chi connectivity index (χ1n) is 7.16. The summed E-state index contributed by atoms with van der Waals surface area (Å²) in [7, 11) is 0. The zero-order valence-electron chi connectivity index (χ0n) is 12.3. The van der Waals surface area contributed by atoms with Gasteiger partial charge in [0.15, 0.2) is 0 Å². The van der Waals surface area contributed by atoms with Crippen molar-refractivity contribution >= 4 is 0 Å². The minimum atomic E-state index is 0.546. The quantitative estimate of drug-likeness (QED) is 0.731. The van der Waals surface area contributed by atoms with Crippen LogP contribution in [0.1, 0.15) is 44.9 Å². The van der Waals surface area contributed by atoms with Gasteiger partial charge in [0, 0.05) is 6.04 Å². The maximum absolute atomic E-state index is 5.42. The van der Waals surface area contributed by atoms with Crippen LogP contribution in [-0.2, 0) is 6.54 Å². The predicted octanol–water partition coefficient (Wildman–Crippen LogP) is 3.19. The Morgan fingerprint density at radius 1 is 1.33 bits per heavy atom. The van der Waals surface area contributed by atoms with Crippen molar-refractivity contribution in [3.63, 3.8) is 0 Å². The third-order valence-electron chi connectivity index (χ3n) is 3.59. The lowest BCUT2D eigenvalue weighted by Crippen LogP contribution is -2.28. The van der Waals surface area contributed by atoms with E-state index in [1.165, 1.54) is 24.9 Å². The predicted molar refractivity (Wildman–Crippen MR) is 76.8 cm³/mol. The highest BCUT2D eigenvalue weighted by Crippen LogP contribution is 2.09. The number of rotatable bonds is 9. The van der Waals surface area contributed by atoms with Crippen LogP contribution in [0.2, 0.25) is 0 Å². The Labute approximate surface area is 112 Å². The summed E-state index contributed by atoms with van der Waals surface area (Å²) >= 11 is 0. The van der Waals surface area contributed by atoms with E-state index < -0.39 is 0 Å². The van der Waals surface area contributed by atoms with E-state index in [9.17, 15) is 0 Å². The molecule has 1 rings (SSSR count). The maximum Gasteiger partial charge on any atom is 0.120 e. The molecule has 0 aromatic carbocycles. The van der Waals surface area contributed by atoms with E-state index in [0.29, 0.717) is 6.04 Å². The second-order valence-electron chi connectivity index (χ2n) is 4.98. The van der Waals surface area contributed by atoms with Crippen LogP contribution in [0, 0.1) is 6.92 Å². The Morgan fingerprint density at radius 2 is 2.06 bits per heavy atom. The molecular weight excluding hydrogens is 224 g/mol. The lowest BCUT2D eigenvalue weighted by Gasteiger charge is -2.19. The van der Waals surface area contributed by atoms with Gasteiger partial charge >= 0.3 is 0 Å². The molecular formula is C15H28N2O. The third-order valence-corrected chi connectivity index (χ3v) is 3.59. The van der Waals surface area contributed by atoms with E-state index in [1.807, 2.05) is 6.07 Å². The molecule has 0 saturated carbocycles. The van der Waals surface area contributed by atoms with Crippen LogP contribution in [0.5, 0.6) is 0 Å². The molecule has 1 atom stereocenters. The molecule has 1 unspecified atom stereocenters. The maximum atomic E-state index is 5.42. The highest BCUT2D eigenvalue weighted by Gasteiger charge is 2.06. The van der Waals surface area contributed by atoms with Crippen LogP contribution in [0.3, 0.4) is 0 Å². The average molecular weight is 252 g/mol. The zero-order valence-corrected chi connectivity index (χ0v) is 12.3. The summed E-state index contributed by atoms with van der Waals surface area (Å²) in [5.74, 6) is 1.06. The van der Waals surface area contributed by atoms with Gasteiger partial charge in [-0.25, -0.2) is 0 Å². The molecule has 18 heavy (non-hydrogen) atoms. The first kappa shape index (κ1) is 15.3. The molecule has 0 saturated heterocycles. The van der Waals surface area contributed by atoms with Gasteiger partial charge in [-0.05, 0) is 58.0 Å². The van der Waals surface area contributed by atoms with E-state index in [4.69, 9.17) is 4.42 Å². The number of hydrogen-bond donors (Lipinski definition) is 1. The van der Waals surface area contributed by atoms with Gasteiger partial charge < -0.3 is 14.6 Å². The fourth-order valence-electron chi connectivity index (χ4n) is 2.12. The highest BCUT2D eigenvalue weighted by molar-refractivity contribution is 5.14. The van der Waals surface area contributed by atoms with E-state index in [1.54, 1.807) is 6.26 Å². The zero-order chi connectivity index (χ0) is 13.4. The second-order valence-corrected chi connectivity index (χ2v) is 4.98. The number of aryl methyl sites for hydroxylation is 1. The Morgan fingerprint density at radius 3 is 2.61 bits per heavy atom. The van der Waals surface area contributed by atoms with Crippen LogP contribution < -0.4 is 5.32 Å². The third kappa shape index (κ3) is 5.23.